The van der Waals surface area contributed by atoms with Crippen LogP contribution < -0.4 is 4.74 Å². The Morgan fingerprint density at radius 1 is 1.05 bits per heavy atom. The number of hydrogen-bond acceptors (Lipinski definition) is 1. The molecule has 1 nitrogen and oxygen atoms in total. The summed E-state index contributed by atoms with van der Waals surface area (Å²) in [6.45, 7) is 0.848. The number of fused-ring (bicyclic) bond motifs is 1. The van der Waals surface area contributed by atoms with Crippen molar-refractivity contribution in [3.63, 3.8) is 0 Å². The zero-order valence-corrected chi connectivity index (χ0v) is 13.8. The van der Waals surface area contributed by atoms with E-state index in [4.69, 9.17) is 4.74 Å². The first kappa shape index (κ1) is 14.6. The average molecular weight is 345 g/mol. The number of benzene rings is 2. The third kappa shape index (κ3) is 3.88. The summed E-state index contributed by atoms with van der Waals surface area (Å²) in [6.07, 6.45) is 5.92. The van der Waals surface area contributed by atoms with Gasteiger partial charge in [-0.2, -0.15) is 0 Å². The highest BCUT2D eigenvalue weighted by Gasteiger charge is 2.12. The molecule has 0 amide bonds. The average Bonchev–Trinajstić information content (AvgIpc) is 3.00. The molecule has 3 rings (SSSR count). The molecule has 0 spiro atoms. The van der Waals surface area contributed by atoms with Crippen molar-refractivity contribution < 1.29 is 4.74 Å². The second kappa shape index (κ2) is 7.13. The highest BCUT2D eigenvalue weighted by molar-refractivity contribution is 9.09. The molecule has 0 N–H and O–H groups in total. The van der Waals surface area contributed by atoms with Crippen LogP contribution in [-0.4, -0.2) is 6.61 Å². The van der Waals surface area contributed by atoms with Gasteiger partial charge in [-0.3, -0.25) is 0 Å². The molecule has 0 aliphatic carbocycles. The molecule has 2 aromatic rings. The summed E-state index contributed by atoms with van der Waals surface area (Å²) < 4.78 is 5.55. The molecule has 2 aromatic carbocycles. The Bertz CT molecular complexity index is 579. The van der Waals surface area contributed by atoms with E-state index in [1.54, 1.807) is 0 Å². The lowest BCUT2D eigenvalue weighted by molar-refractivity contribution is 0.357. The Morgan fingerprint density at radius 3 is 2.76 bits per heavy atom. The lowest BCUT2D eigenvalue weighted by Crippen LogP contribution is -1.92. The second-order valence-corrected chi connectivity index (χ2v) is 6.77. The van der Waals surface area contributed by atoms with Gasteiger partial charge in [0.05, 0.1) is 6.61 Å². The SMILES string of the molecule is BrC(CCCCc1ccc2c(c1)CCO2)c1ccccc1. The zero-order chi connectivity index (χ0) is 14.5. The minimum absolute atomic E-state index is 0.479. The van der Waals surface area contributed by atoms with Gasteiger partial charge in [0.15, 0.2) is 0 Å². The summed E-state index contributed by atoms with van der Waals surface area (Å²) in [5, 5.41) is 0. The molecular formula is C19H21BrO. The van der Waals surface area contributed by atoms with Crippen molar-refractivity contribution in [2.24, 2.45) is 0 Å². The molecule has 1 aliphatic heterocycles. The van der Waals surface area contributed by atoms with Gasteiger partial charge in [-0.15, -0.1) is 0 Å². The molecule has 0 saturated carbocycles. The van der Waals surface area contributed by atoms with Crippen LogP contribution >= 0.6 is 15.9 Å². The van der Waals surface area contributed by atoms with Gasteiger partial charge in [0, 0.05) is 11.2 Å². The Morgan fingerprint density at radius 2 is 1.90 bits per heavy atom. The Hall–Kier alpha value is -1.28. The van der Waals surface area contributed by atoms with E-state index >= 15 is 0 Å². The van der Waals surface area contributed by atoms with Gasteiger partial charge in [0.25, 0.3) is 0 Å². The molecule has 1 heterocycles. The maximum absolute atomic E-state index is 5.55. The van der Waals surface area contributed by atoms with Crippen LogP contribution in [0.2, 0.25) is 0 Å². The number of unbranched alkanes of at least 4 members (excludes halogenated alkanes) is 1. The molecular weight excluding hydrogens is 324 g/mol. The highest BCUT2D eigenvalue weighted by atomic mass is 79.9. The lowest BCUT2D eigenvalue weighted by Gasteiger charge is -2.10. The monoisotopic (exact) mass is 344 g/mol. The van der Waals surface area contributed by atoms with Crippen molar-refractivity contribution in [3.8, 4) is 5.75 Å². The van der Waals surface area contributed by atoms with Crippen LogP contribution in [0.3, 0.4) is 0 Å². The first-order chi connectivity index (χ1) is 10.3. The van der Waals surface area contributed by atoms with Crippen molar-refractivity contribution in [1.29, 1.82) is 0 Å². The number of aryl methyl sites for hydroxylation is 1. The number of hydrogen-bond donors (Lipinski definition) is 0. The molecule has 0 bridgehead atoms. The number of halogens is 1. The summed E-state index contributed by atoms with van der Waals surface area (Å²) in [4.78, 5) is 0.479. The normalized spacial score (nSPS) is 14.5. The third-order valence-corrected chi connectivity index (χ3v) is 5.07. The molecule has 1 aliphatic rings. The van der Waals surface area contributed by atoms with Gasteiger partial charge in [0.2, 0.25) is 0 Å². The van der Waals surface area contributed by atoms with E-state index in [1.165, 1.54) is 42.4 Å². The molecule has 2 heteroatoms. The Labute approximate surface area is 135 Å². The van der Waals surface area contributed by atoms with Crippen molar-refractivity contribution in [3.05, 3.63) is 65.2 Å². The Kier molecular flexibility index (Phi) is 4.97. The highest BCUT2D eigenvalue weighted by Crippen LogP contribution is 2.29. The fourth-order valence-electron chi connectivity index (χ4n) is 2.88. The number of ether oxygens (including phenoxy) is 1. The predicted octanol–water partition coefficient (Wildman–Crippen LogP) is 5.47. The minimum atomic E-state index is 0.479. The van der Waals surface area contributed by atoms with E-state index in [9.17, 15) is 0 Å². The van der Waals surface area contributed by atoms with E-state index in [0.29, 0.717) is 4.83 Å². The molecule has 110 valence electrons. The van der Waals surface area contributed by atoms with Gasteiger partial charge in [-0.25, -0.2) is 0 Å². The lowest BCUT2D eigenvalue weighted by atomic mass is 10.0. The largest absolute Gasteiger partial charge is 0.493 e. The van der Waals surface area contributed by atoms with E-state index in [-0.39, 0.29) is 0 Å². The van der Waals surface area contributed by atoms with Gasteiger partial charge < -0.3 is 4.74 Å². The summed E-state index contributed by atoms with van der Waals surface area (Å²) in [5.74, 6) is 1.09. The minimum Gasteiger partial charge on any atom is -0.493 e. The van der Waals surface area contributed by atoms with Crippen molar-refractivity contribution in [2.45, 2.75) is 36.9 Å². The predicted molar refractivity (Wildman–Crippen MR) is 91.3 cm³/mol. The molecule has 1 atom stereocenters. The summed E-state index contributed by atoms with van der Waals surface area (Å²) in [6, 6.07) is 17.3. The standard InChI is InChI=1S/C19H21BrO/c20-18(16-7-2-1-3-8-16)9-5-4-6-15-10-11-19-17(14-15)12-13-21-19/h1-3,7-8,10-11,14,18H,4-6,9,12-13H2. The molecule has 1 unspecified atom stereocenters. The van der Waals surface area contributed by atoms with Crippen molar-refractivity contribution >= 4 is 15.9 Å². The van der Waals surface area contributed by atoms with Gasteiger partial charge >= 0.3 is 0 Å². The fourth-order valence-corrected chi connectivity index (χ4v) is 3.51. The van der Waals surface area contributed by atoms with Gasteiger partial charge in [-0.1, -0.05) is 64.8 Å². The number of rotatable bonds is 6. The van der Waals surface area contributed by atoms with E-state index in [2.05, 4.69) is 64.5 Å². The van der Waals surface area contributed by atoms with Crippen LogP contribution in [-0.2, 0) is 12.8 Å². The topological polar surface area (TPSA) is 9.23 Å². The smallest absolute Gasteiger partial charge is 0.122 e. The van der Waals surface area contributed by atoms with E-state index in [1.807, 2.05) is 0 Å². The van der Waals surface area contributed by atoms with Crippen LogP contribution in [0.15, 0.2) is 48.5 Å². The van der Waals surface area contributed by atoms with Crippen LogP contribution in [0.1, 0.15) is 40.8 Å². The van der Waals surface area contributed by atoms with E-state index < -0.39 is 0 Å². The van der Waals surface area contributed by atoms with E-state index in [0.717, 1.165) is 18.8 Å². The Balaban J connectivity index is 1.44. The summed E-state index contributed by atoms with van der Waals surface area (Å²) in [5.41, 5.74) is 4.22. The fraction of sp³-hybridized carbons (Fsp3) is 0.368. The van der Waals surface area contributed by atoms with Crippen LogP contribution in [0.5, 0.6) is 5.75 Å². The first-order valence-corrected chi connectivity index (χ1v) is 8.68. The second-order valence-electron chi connectivity index (χ2n) is 5.66. The zero-order valence-electron chi connectivity index (χ0n) is 12.2. The molecule has 0 fully saturated rings. The number of alkyl halides is 1. The maximum atomic E-state index is 5.55. The third-order valence-electron chi connectivity index (χ3n) is 4.09. The van der Waals surface area contributed by atoms with Gasteiger partial charge in [-0.05, 0) is 42.0 Å². The molecule has 0 saturated heterocycles. The molecule has 21 heavy (non-hydrogen) atoms. The molecule has 0 radical (unpaired) electrons. The quantitative estimate of drug-likeness (QED) is 0.498. The van der Waals surface area contributed by atoms with Gasteiger partial charge in [0.1, 0.15) is 5.75 Å². The first-order valence-electron chi connectivity index (χ1n) is 7.76. The van der Waals surface area contributed by atoms with Crippen molar-refractivity contribution in [2.75, 3.05) is 6.61 Å². The van der Waals surface area contributed by atoms with Crippen LogP contribution in [0.4, 0.5) is 0 Å². The summed E-state index contributed by atoms with van der Waals surface area (Å²) >= 11 is 3.80. The maximum Gasteiger partial charge on any atom is 0.122 e. The molecule has 0 aromatic heterocycles. The summed E-state index contributed by atoms with van der Waals surface area (Å²) in [7, 11) is 0. The van der Waals surface area contributed by atoms with Crippen LogP contribution in [0, 0.1) is 0 Å². The van der Waals surface area contributed by atoms with Crippen molar-refractivity contribution in [1.82, 2.24) is 0 Å². The van der Waals surface area contributed by atoms with Crippen LogP contribution in [0.25, 0.3) is 0 Å².